The summed E-state index contributed by atoms with van der Waals surface area (Å²) in [6, 6.07) is 131. The first-order valence-corrected chi connectivity index (χ1v) is 42.1. The first-order valence-electron chi connectivity index (χ1n) is 35.3. The summed E-state index contributed by atoms with van der Waals surface area (Å²) >= 11 is 0. The number of rotatable bonds is 17. The van der Waals surface area contributed by atoms with Gasteiger partial charge in [0.2, 0.25) is 5.95 Å². The SMILES string of the molecule is O=P(c1ccccc1)(c1ccccc1)c1ccc2c(c1)c1cc(P(=O)(c3ccccc3)c3ccccc3)ccc1n2-c1ccc(-c2cccc(P(=O)(c3ccccc3)c3ccc4c(c3)c3cc(P(=O)(c5ccccc5)c5ccccc5)ccc3n4-c3nc(-c4ccccc4)cc(-c4ccccc4)n3)c2)cc1. The minimum atomic E-state index is -3.76. The summed E-state index contributed by atoms with van der Waals surface area (Å²) < 4.78 is 70.3. The van der Waals surface area contributed by atoms with Gasteiger partial charge in [-0.15, -0.1) is 0 Å². The molecule has 0 aliphatic heterocycles. The lowest BCUT2D eigenvalue weighted by Gasteiger charge is -2.21. The lowest BCUT2D eigenvalue weighted by Crippen LogP contribution is -2.25. The van der Waals surface area contributed by atoms with Crippen LogP contribution < -0.4 is 63.7 Å². The molecule has 506 valence electrons. The summed E-state index contributed by atoms with van der Waals surface area (Å²) in [5.41, 5.74) is 9.38. The van der Waals surface area contributed by atoms with Crippen LogP contribution in [0.25, 0.3) is 88.9 Å². The number of benzene rings is 15. The summed E-state index contributed by atoms with van der Waals surface area (Å²) in [7, 11) is -14.1. The molecule has 18 rings (SSSR count). The van der Waals surface area contributed by atoms with E-state index >= 15 is 18.3 Å². The minimum Gasteiger partial charge on any atom is -0.309 e. The lowest BCUT2D eigenvalue weighted by molar-refractivity contribution is 0.591. The second-order valence-electron chi connectivity index (χ2n) is 26.5. The second-order valence-corrected chi connectivity index (χ2v) is 37.6. The Labute approximate surface area is 614 Å². The van der Waals surface area contributed by atoms with E-state index in [2.05, 4.69) is 106 Å². The Hall–Kier alpha value is -12.1. The van der Waals surface area contributed by atoms with Crippen LogP contribution in [0.5, 0.6) is 0 Å². The van der Waals surface area contributed by atoms with Crippen molar-refractivity contribution in [1.82, 2.24) is 19.1 Å². The fourth-order valence-corrected chi connectivity index (χ4v) is 26.0. The average Bonchev–Trinajstić information content (AvgIpc) is 1.49. The molecule has 12 heteroatoms. The van der Waals surface area contributed by atoms with Gasteiger partial charge in [0.15, 0.2) is 28.6 Å². The average molecular weight is 1440 g/mol. The van der Waals surface area contributed by atoms with Gasteiger partial charge in [0.1, 0.15) is 0 Å². The fraction of sp³-hybridized carbons (Fsp3) is 0. The maximum Gasteiger partial charge on any atom is 0.235 e. The maximum atomic E-state index is 17.3. The molecule has 3 heterocycles. The molecule has 106 heavy (non-hydrogen) atoms. The molecule has 1 unspecified atom stereocenters. The number of fused-ring (bicyclic) bond motifs is 6. The molecular weight excluding hydrogens is 1370 g/mol. The van der Waals surface area contributed by atoms with E-state index in [4.69, 9.17) is 9.97 Å². The van der Waals surface area contributed by atoms with Crippen LogP contribution in [0, 0.1) is 0 Å². The first-order chi connectivity index (χ1) is 52.1. The van der Waals surface area contributed by atoms with Gasteiger partial charge in [-0.2, -0.15) is 0 Å². The van der Waals surface area contributed by atoms with E-state index in [9.17, 15) is 0 Å². The third kappa shape index (κ3) is 11.2. The Morgan fingerprint density at radius 3 is 0.736 bits per heavy atom. The smallest absolute Gasteiger partial charge is 0.235 e. The van der Waals surface area contributed by atoms with Crippen LogP contribution in [0.1, 0.15) is 0 Å². The molecule has 0 fully saturated rings. The quantitative estimate of drug-likeness (QED) is 0.0841. The van der Waals surface area contributed by atoms with Gasteiger partial charge in [-0.3, -0.25) is 4.57 Å². The molecule has 0 aliphatic rings. The van der Waals surface area contributed by atoms with Crippen molar-refractivity contribution in [3.8, 4) is 45.3 Å². The lowest BCUT2D eigenvalue weighted by atomic mass is 10.1. The molecule has 0 saturated carbocycles. The molecule has 1 atom stereocenters. The maximum absolute atomic E-state index is 17.3. The molecule has 8 nitrogen and oxygen atoms in total. The topological polar surface area (TPSA) is 104 Å². The van der Waals surface area contributed by atoms with Gasteiger partial charge < -0.3 is 22.8 Å². The summed E-state index contributed by atoms with van der Waals surface area (Å²) in [6.45, 7) is 0. The van der Waals surface area contributed by atoms with E-state index in [1.54, 1.807) is 0 Å². The summed E-state index contributed by atoms with van der Waals surface area (Å²) in [5, 5.41) is 11.6. The van der Waals surface area contributed by atoms with Gasteiger partial charge in [0.25, 0.3) is 0 Å². The van der Waals surface area contributed by atoms with E-state index in [0.29, 0.717) is 48.4 Å². The molecule has 18 aromatic rings. The number of nitrogens with zero attached hydrogens (tertiary/aromatic N) is 4. The van der Waals surface area contributed by atoms with Crippen LogP contribution in [0.3, 0.4) is 0 Å². The van der Waals surface area contributed by atoms with Crippen molar-refractivity contribution in [3.05, 3.63) is 400 Å². The number of hydrogen-bond donors (Lipinski definition) is 0. The Morgan fingerprint density at radius 2 is 0.434 bits per heavy atom. The van der Waals surface area contributed by atoms with Crippen LogP contribution in [-0.4, -0.2) is 19.1 Å². The summed E-state index contributed by atoms with van der Waals surface area (Å²) in [6.07, 6.45) is 0. The zero-order valence-corrected chi connectivity index (χ0v) is 60.9. The van der Waals surface area contributed by atoms with Gasteiger partial charge >= 0.3 is 0 Å². The van der Waals surface area contributed by atoms with Crippen LogP contribution in [0.2, 0.25) is 0 Å². The van der Waals surface area contributed by atoms with Gasteiger partial charge in [-0.25, -0.2) is 9.97 Å². The summed E-state index contributed by atoms with van der Waals surface area (Å²) in [5.74, 6) is 0.449. The third-order valence-electron chi connectivity index (χ3n) is 20.5. The fourth-order valence-electron chi connectivity index (χ4n) is 15.3. The van der Waals surface area contributed by atoms with Crippen molar-refractivity contribution in [2.45, 2.75) is 0 Å². The van der Waals surface area contributed by atoms with Crippen molar-refractivity contribution < 1.29 is 18.3 Å². The molecule has 15 aromatic carbocycles. The molecule has 0 saturated heterocycles. The van der Waals surface area contributed by atoms with E-state index < -0.39 is 28.6 Å². The van der Waals surface area contributed by atoms with Crippen LogP contribution in [-0.2, 0) is 18.3 Å². The van der Waals surface area contributed by atoms with E-state index in [0.717, 1.165) is 104 Å². The monoisotopic (exact) mass is 1440 g/mol. The van der Waals surface area contributed by atoms with Crippen LogP contribution in [0.15, 0.2) is 400 Å². The van der Waals surface area contributed by atoms with Crippen molar-refractivity contribution in [1.29, 1.82) is 0 Å². The predicted molar refractivity (Wildman–Crippen MR) is 445 cm³/mol. The van der Waals surface area contributed by atoms with Crippen molar-refractivity contribution in [2.24, 2.45) is 0 Å². The van der Waals surface area contributed by atoms with E-state index in [-0.39, 0.29) is 0 Å². The highest BCUT2D eigenvalue weighted by molar-refractivity contribution is 7.86. The molecular formula is C94H66N4O4P4. The standard InChI is InChI=1S/C94H66N4O4P4/c99-103(72-34-14-3-15-35-72,73-36-16-4-17-37-73)80-53-57-90-84(62-80)85-63-81(104(100,74-38-18-5-19-39-74)75-40-20-6-21-41-75)54-58-91(85)97(90)71-51-49-67(50-52-71)70-33-28-48-79(61-70)106(102,78-46-26-9-27-47-78)83-56-60-93-87(65-83)86-64-82(105(101,76-42-22-7-23-43-76)77-44-24-8-25-45-77)55-59-92(86)98(93)94-95-88(68-29-10-1-11-30-68)66-89(96-94)69-31-12-2-13-32-69/h1-66H. The van der Waals surface area contributed by atoms with Crippen molar-refractivity contribution >= 4 is 136 Å². The first kappa shape index (κ1) is 65.9. The summed E-state index contributed by atoms with van der Waals surface area (Å²) in [4.78, 5) is 10.7. The second kappa shape index (κ2) is 27.2. The number of hydrogen-bond acceptors (Lipinski definition) is 6. The zero-order valence-electron chi connectivity index (χ0n) is 57.3. The predicted octanol–water partition coefficient (Wildman–Crippen LogP) is 18.2. The zero-order chi connectivity index (χ0) is 71.4. The third-order valence-corrected chi connectivity index (χ3v) is 32.7. The molecule has 0 amide bonds. The Bertz CT molecular complexity index is 6210. The Balaban J connectivity index is 0.795. The molecule has 0 bridgehead atoms. The normalized spacial score (nSPS) is 12.6. The highest BCUT2D eigenvalue weighted by Gasteiger charge is 2.36. The molecule has 0 radical (unpaired) electrons. The number of aromatic nitrogens is 4. The molecule has 3 aromatic heterocycles. The molecule has 0 aliphatic carbocycles. The van der Waals surface area contributed by atoms with Crippen LogP contribution in [0.4, 0.5) is 0 Å². The highest BCUT2D eigenvalue weighted by Crippen LogP contribution is 2.50. The Morgan fingerprint density at radius 1 is 0.189 bits per heavy atom. The van der Waals surface area contributed by atoms with Crippen LogP contribution >= 0.6 is 28.6 Å². The van der Waals surface area contributed by atoms with E-state index in [1.165, 1.54) is 0 Å². The molecule has 0 spiro atoms. The minimum absolute atomic E-state index is 0.449. The van der Waals surface area contributed by atoms with Gasteiger partial charge in [-0.05, 0) is 108 Å². The molecule has 0 N–H and O–H groups in total. The van der Waals surface area contributed by atoms with E-state index in [1.807, 2.05) is 303 Å². The van der Waals surface area contributed by atoms with Crippen molar-refractivity contribution in [2.75, 3.05) is 0 Å². The van der Waals surface area contributed by atoms with Crippen molar-refractivity contribution in [3.63, 3.8) is 0 Å². The van der Waals surface area contributed by atoms with Gasteiger partial charge in [-0.1, -0.05) is 303 Å². The highest BCUT2D eigenvalue weighted by atomic mass is 31.2. The van der Waals surface area contributed by atoms with Gasteiger partial charge in [0.05, 0.1) is 33.5 Å². The Kier molecular flexibility index (Phi) is 16.9. The largest absolute Gasteiger partial charge is 0.309 e. The van der Waals surface area contributed by atoms with Gasteiger partial charge in [0, 0.05) is 102 Å².